The number of hydrogen-bond acceptors (Lipinski definition) is 7. The molecule has 0 bridgehead atoms. The van der Waals surface area contributed by atoms with Crippen LogP contribution in [-0.2, 0) is 26.3 Å². The highest BCUT2D eigenvalue weighted by Crippen LogP contribution is 2.40. The molecule has 3 saturated heterocycles. The van der Waals surface area contributed by atoms with Crippen LogP contribution in [0.4, 0.5) is 5.95 Å². The number of likely N-dealkylation sites (N-methyl/N-ethyl adjacent to an activating group) is 1. The number of nitrogens with zero attached hydrogens (tertiary/aromatic N) is 5. The number of ether oxygens (including phenoxy) is 2. The van der Waals surface area contributed by atoms with Crippen LogP contribution in [0, 0.1) is 5.92 Å². The molecule has 8 nitrogen and oxygen atoms in total. The topological polar surface area (TPSA) is 71.0 Å². The van der Waals surface area contributed by atoms with E-state index in [0.29, 0.717) is 33.0 Å². The molecule has 1 aromatic rings. The number of hydrogen-bond donors (Lipinski definition) is 0. The maximum atomic E-state index is 12.9. The second kappa shape index (κ2) is 7.24. The van der Waals surface area contributed by atoms with E-state index in [9.17, 15) is 4.79 Å². The number of fused-ring (bicyclic) bond motifs is 2. The summed E-state index contributed by atoms with van der Waals surface area (Å²) in [6, 6.07) is 0. The van der Waals surface area contributed by atoms with E-state index in [0.717, 1.165) is 62.8 Å². The monoisotopic (exact) mass is 387 g/mol. The van der Waals surface area contributed by atoms with Crippen LogP contribution in [0.5, 0.6) is 0 Å². The summed E-state index contributed by atoms with van der Waals surface area (Å²) in [5.41, 5.74) is 1.97. The average molecular weight is 387 g/mol. The van der Waals surface area contributed by atoms with E-state index >= 15 is 0 Å². The summed E-state index contributed by atoms with van der Waals surface area (Å²) in [6.45, 7) is 7.86. The molecule has 3 fully saturated rings. The van der Waals surface area contributed by atoms with Crippen LogP contribution >= 0.6 is 0 Å². The third kappa shape index (κ3) is 3.17. The molecule has 8 heteroatoms. The number of carbonyl (C=O) groups excluding carboxylic acids is 1. The molecular formula is C20H29N5O3. The van der Waals surface area contributed by atoms with E-state index in [1.165, 1.54) is 0 Å². The Morgan fingerprint density at radius 3 is 2.86 bits per heavy atom. The van der Waals surface area contributed by atoms with E-state index in [1.807, 2.05) is 11.1 Å². The number of anilines is 1. The first-order valence-electron chi connectivity index (χ1n) is 10.4. The Hall–Kier alpha value is -1.77. The van der Waals surface area contributed by atoms with Crippen molar-refractivity contribution in [1.29, 1.82) is 0 Å². The van der Waals surface area contributed by atoms with Gasteiger partial charge in [0.15, 0.2) is 0 Å². The number of amides is 1. The third-order valence-electron chi connectivity index (χ3n) is 6.72. The van der Waals surface area contributed by atoms with Crippen molar-refractivity contribution in [3.63, 3.8) is 0 Å². The highest BCUT2D eigenvalue weighted by atomic mass is 16.5. The Labute approximate surface area is 165 Å². The maximum Gasteiger partial charge on any atom is 0.228 e. The zero-order valence-corrected chi connectivity index (χ0v) is 16.6. The molecule has 2 atom stereocenters. The molecule has 0 radical (unpaired) electrons. The zero-order valence-electron chi connectivity index (χ0n) is 16.6. The Kier molecular flexibility index (Phi) is 4.72. The second-order valence-electron chi connectivity index (χ2n) is 8.68. The number of piperazine rings is 1. The first kappa shape index (κ1) is 18.3. The van der Waals surface area contributed by atoms with Gasteiger partial charge in [0.2, 0.25) is 11.9 Å². The van der Waals surface area contributed by atoms with Gasteiger partial charge in [-0.05, 0) is 19.9 Å². The molecule has 4 aliphatic heterocycles. The van der Waals surface area contributed by atoms with Crippen LogP contribution in [0.1, 0.15) is 24.1 Å². The fraction of sp³-hybridized carbons (Fsp3) is 0.750. The van der Waals surface area contributed by atoms with Crippen molar-refractivity contribution in [2.24, 2.45) is 5.92 Å². The number of likely N-dealkylation sites (tertiary alicyclic amines) is 1. The Bertz CT molecular complexity index is 745. The van der Waals surface area contributed by atoms with Crippen LogP contribution in [0.3, 0.4) is 0 Å². The van der Waals surface area contributed by atoms with Gasteiger partial charge in [0.25, 0.3) is 0 Å². The molecule has 5 heterocycles. The standard InChI is InChI=1S/C20H29N5O3/c1-23-5-7-24(8-6-23)19-21-10-16-12-28-14-20(17(16)22-19)3-4-25(13-20)18(26)15-2-9-27-11-15/h10,15H,2-9,11-14H2,1H3/t15-,20+/m0/s1. The molecule has 0 aliphatic carbocycles. The Morgan fingerprint density at radius 1 is 1.21 bits per heavy atom. The van der Waals surface area contributed by atoms with Gasteiger partial charge in [0.1, 0.15) is 0 Å². The van der Waals surface area contributed by atoms with Crippen molar-refractivity contribution in [2.45, 2.75) is 24.9 Å². The molecular weight excluding hydrogens is 358 g/mol. The summed E-state index contributed by atoms with van der Waals surface area (Å²) in [6.07, 6.45) is 3.68. The molecule has 1 amide bonds. The van der Waals surface area contributed by atoms with Gasteiger partial charge in [-0.1, -0.05) is 0 Å². The summed E-state index contributed by atoms with van der Waals surface area (Å²) in [7, 11) is 2.15. The summed E-state index contributed by atoms with van der Waals surface area (Å²) in [5, 5.41) is 0. The Morgan fingerprint density at radius 2 is 2.07 bits per heavy atom. The second-order valence-corrected chi connectivity index (χ2v) is 8.68. The summed E-state index contributed by atoms with van der Waals surface area (Å²) in [5.74, 6) is 1.07. The third-order valence-corrected chi connectivity index (χ3v) is 6.72. The zero-order chi connectivity index (χ0) is 19.1. The average Bonchev–Trinajstić information content (AvgIpc) is 3.39. The smallest absolute Gasteiger partial charge is 0.228 e. The first-order valence-corrected chi connectivity index (χ1v) is 10.4. The van der Waals surface area contributed by atoms with Crippen molar-refractivity contribution in [2.75, 3.05) is 71.0 Å². The largest absolute Gasteiger partial charge is 0.381 e. The fourth-order valence-corrected chi connectivity index (χ4v) is 4.90. The molecule has 1 spiro atoms. The maximum absolute atomic E-state index is 12.9. The highest BCUT2D eigenvalue weighted by molar-refractivity contribution is 5.79. The summed E-state index contributed by atoms with van der Waals surface area (Å²) in [4.78, 5) is 29.2. The fourth-order valence-electron chi connectivity index (χ4n) is 4.90. The van der Waals surface area contributed by atoms with E-state index in [4.69, 9.17) is 14.5 Å². The number of carbonyl (C=O) groups is 1. The highest BCUT2D eigenvalue weighted by Gasteiger charge is 2.47. The molecule has 0 aromatic carbocycles. The molecule has 0 saturated carbocycles. The first-order chi connectivity index (χ1) is 13.6. The summed E-state index contributed by atoms with van der Waals surface area (Å²) < 4.78 is 11.3. The van der Waals surface area contributed by atoms with E-state index < -0.39 is 0 Å². The van der Waals surface area contributed by atoms with Crippen molar-refractivity contribution in [1.82, 2.24) is 19.8 Å². The van der Waals surface area contributed by atoms with Gasteiger partial charge in [0.05, 0.1) is 36.8 Å². The Balaban J connectivity index is 1.39. The van der Waals surface area contributed by atoms with Crippen LogP contribution in [0.25, 0.3) is 0 Å². The molecule has 28 heavy (non-hydrogen) atoms. The summed E-state index contributed by atoms with van der Waals surface area (Å²) >= 11 is 0. The van der Waals surface area contributed by atoms with Crippen molar-refractivity contribution >= 4 is 11.9 Å². The lowest BCUT2D eigenvalue weighted by atomic mass is 9.80. The van der Waals surface area contributed by atoms with Crippen LogP contribution in [0.15, 0.2) is 6.20 Å². The number of aromatic nitrogens is 2. The molecule has 4 aliphatic rings. The SMILES string of the molecule is CN1CCN(c2ncc3c(n2)[C@@]2(CCN(C(=O)[C@H]4CCOC4)C2)COC3)CC1. The van der Waals surface area contributed by atoms with Crippen molar-refractivity contribution < 1.29 is 14.3 Å². The molecule has 0 N–H and O–H groups in total. The van der Waals surface area contributed by atoms with Gasteiger partial charge in [-0.3, -0.25) is 4.79 Å². The lowest BCUT2D eigenvalue weighted by Gasteiger charge is -2.36. The van der Waals surface area contributed by atoms with Gasteiger partial charge in [-0.25, -0.2) is 9.97 Å². The van der Waals surface area contributed by atoms with E-state index in [-0.39, 0.29) is 17.2 Å². The van der Waals surface area contributed by atoms with Gasteiger partial charge in [-0.15, -0.1) is 0 Å². The van der Waals surface area contributed by atoms with E-state index in [1.54, 1.807) is 0 Å². The van der Waals surface area contributed by atoms with Gasteiger partial charge in [0, 0.05) is 57.6 Å². The van der Waals surface area contributed by atoms with Crippen LogP contribution in [-0.4, -0.2) is 91.8 Å². The van der Waals surface area contributed by atoms with Crippen molar-refractivity contribution in [3.05, 3.63) is 17.5 Å². The van der Waals surface area contributed by atoms with Gasteiger partial charge >= 0.3 is 0 Å². The minimum absolute atomic E-state index is 0.0189. The quantitative estimate of drug-likeness (QED) is 0.721. The van der Waals surface area contributed by atoms with E-state index in [2.05, 4.69) is 21.8 Å². The van der Waals surface area contributed by atoms with Crippen LogP contribution in [0.2, 0.25) is 0 Å². The predicted octanol–water partition coefficient (Wildman–Crippen LogP) is 0.265. The minimum Gasteiger partial charge on any atom is -0.381 e. The predicted molar refractivity (Wildman–Crippen MR) is 103 cm³/mol. The lowest BCUT2D eigenvalue weighted by molar-refractivity contribution is -0.134. The molecule has 1 aromatic heterocycles. The van der Waals surface area contributed by atoms with Crippen LogP contribution < -0.4 is 4.90 Å². The molecule has 5 rings (SSSR count). The van der Waals surface area contributed by atoms with Gasteiger partial charge < -0.3 is 24.2 Å². The minimum atomic E-state index is -0.201. The molecule has 0 unspecified atom stereocenters. The van der Waals surface area contributed by atoms with Crippen molar-refractivity contribution in [3.8, 4) is 0 Å². The van der Waals surface area contributed by atoms with Gasteiger partial charge in [-0.2, -0.15) is 0 Å². The normalized spacial score (nSPS) is 30.8. The molecule has 152 valence electrons. The number of rotatable bonds is 2. The lowest BCUT2D eigenvalue weighted by Crippen LogP contribution is -2.46.